The van der Waals surface area contributed by atoms with Gasteiger partial charge in [0, 0.05) is 18.4 Å². The zero-order valence-electron chi connectivity index (χ0n) is 10.4. The minimum Gasteiger partial charge on any atom is -0.330 e. The van der Waals surface area contributed by atoms with Gasteiger partial charge in [-0.2, -0.15) is 0 Å². The number of nitrogens with two attached hydrogens (primary N) is 1. The highest BCUT2D eigenvalue weighted by Gasteiger charge is 2.37. The summed E-state index contributed by atoms with van der Waals surface area (Å²) in [5.41, 5.74) is 9.65. The second-order valence-electron chi connectivity index (χ2n) is 4.89. The topological polar surface area (TPSA) is 26.0 Å². The molecule has 3 rings (SSSR count). The van der Waals surface area contributed by atoms with Crippen LogP contribution in [0, 0.1) is 5.92 Å². The zero-order valence-corrected chi connectivity index (χ0v) is 10.4. The van der Waals surface area contributed by atoms with Gasteiger partial charge in [0.2, 0.25) is 6.43 Å². The van der Waals surface area contributed by atoms with Crippen LogP contribution in [0.4, 0.5) is 8.78 Å². The van der Waals surface area contributed by atoms with Crippen LogP contribution in [0.2, 0.25) is 0 Å². The van der Waals surface area contributed by atoms with Gasteiger partial charge in [0.15, 0.2) is 0 Å². The summed E-state index contributed by atoms with van der Waals surface area (Å²) in [6.45, 7) is -0.00893. The van der Waals surface area contributed by atoms with E-state index in [1.165, 1.54) is 0 Å². The lowest BCUT2D eigenvalue weighted by Crippen LogP contribution is -2.28. The van der Waals surface area contributed by atoms with E-state index in [0.717, 1.165) is 22.3 Å². The van der Waals surface area contributed by atoms with Crippen LogP contribution in [-0.2, 0) is 0 Å². The molecular formula is C16H15F2N. The second-order valence-corrected chi connectivity index (χ2v) is 4.89. The van der Waals surface area contributed by atoms with Crippen molar-refractivity contribution in [2.75, 3.05) is 6.54 Å². The second kappa shape index (κ2) is 4.74. The average Bonchev–Trinajstić information content (AvgIpc) is 2.75. The first-order chi connectivity index (χ1) is 9.24. The van der Waals surface area contributed by atoms with Crippen LogP contribution in [0.3, 0.4) is 0 Å². The SMILES string of the molecule is NCC(C(F)F)C1c2ccccc2-c2ccccc21. The van der Waals surface area contributed by atoms with Crippen molar-refractivity contribution in [2.24, 2.45) is 11.7 Å². The van der Waals surface area contributed by atoms with Crippen molar-refractivity contribution in [3.8, 4) is 11.1 Å². The largest absolute Gasteiger partial charge is 0.330 e. The number of hydrogen-bond acceptors (Lipinski definition) is 1. The Balaban J connectivity index is 2.19. The molecule has 0 saturated heterocycles. The number of alkyl halides is 2. The molecule has 0 heterocycles. The molecule has 0 fully saturated rings. The molecule has 0 bridgehead atoms. The maximum atomic E-state index is 13.3. The van der Waals surface area contributed by atoms with Gasteiger partial charge >= 0.3 is 0 Å². The molecular weight excluding hydrogens is 244 g/mol. The van der Waals surface area contributed by atoms with E-state index in [1.807, 2.05) is 48.5 Å². The van der Waals surface area contributed by atoms with Crippen molar-refractivity contribution >= 4 is 0 Å². The van der Waals surface area contributed by atoms with Gasteiger partial charge in [-0.05, 0) is 22.3 Å². The highest BCUT2D eigenvalue weighted by atomic mass is 19.3. The Hall–Kier alpha value is -1.74. The number of halogens is 2. The quantitative estimate of drug-likeness (QED) is 0.894. The predicted octanol–water partition coefficient (Wildman–Crippen LogP) is 3.64. The third-order valence-corrected chi connectivity index (χ3v) is 3.91. The molecule has 3 heteroatoms. The molecule has 0 aliphatic heterocycles. The van der Waals surface area contributed by atoms with Crippen molar-refractivity contribution in [2.45, 2.75) is 12.3 Å². The smallest absolute Gasteiger partial charge is 0.243 e. The first-order valence-electron chi connectivity index (χ1n) is 6.40. The van der Waals surface area contributed by atoms with Crippen molar-refractivity contribution < 1.29 is 8.78 Å². The van der Waals surface area contributed by atoms with E-state index in [-0.39, 0.29) is 12.5 Å². The molecule has 2 aromatic rings. The van der Waals surface area contributed by atoms with Gasteiger partial charge in [-0.25, -0.2) is 8.78 Å². The van der Waals surface area contributed by atoms with Crippen LogP contribution >= 0.6 is 0 Å². The van der Waals surface area contributed by atoms with Crippen LogP contribution in [0.1, 0.15) is 17.0 Å². The fourth-order valence-corrected chi connectivity index (χ4v) is 3.04. The van der Waals surface area contributed by atoms with Crippen LogP contribution < -0.4 is 5.73 Å². The summed E-state index contributed by atoms with van der Waals surface area (Å²) >= 11 is 0. The summed E-state index contributed by atoms with van der Waals surface area (Å²) in [5, 5.41) is 0. The van der Waals surface area contributed by atoms with E-state index in [4.69, 9.17) is 5.73 Å². The third-order valence-electron chi connectivity index (χ3n) is 3.91. The van der Waals surface area contributed by atoms with E-state index >= 15 is 0 Å². The van der Waals surface area contributed by atoms with Gasteiger partial charge in [-0.15, -0.1) is 0 Å². The molecule has 19 heavy (non-hydrogen) atoms. The van der Waals surface area contributed by atoms with Crippen LogP contribution in [0.25, 0.3) is 11.1 Å². The van der Waals surface area contributed by atoms with Gasteiger partial charge in [0.05, 0.1) is 0 Å². The van der Waals surface area contributed by atoms with E-state index in [9.17, 15) is 8.78 Å². The molecule has 2 N–H and O–H groups in total. The van der Waals surface area contributed by atoms with Crippen LogP contribution in [0.15, 0.2) is 48.5 Å². The minimum absolute atomic E-state index is 0.00893. The van der Waals surface area contributed by atoms with Crippen molar-refractivity contribution in [3.63, 3.8) is 0 Å². The molecule has 0 spiro atoms. The fraction of sp³-hybridized carbons (Fsp3) is 0.250. The molecule has 1 aliphatic rings. The van der Waals surface area contributed by atoms with Gasteiger partial charge in [0.1, 0.15) is 0 Å². The van der Waals surface area contributed by atoms with E-state index in [0.29, 0.717) is 0 Å². The molecule has 1 atom stereocenters. The van der Waals surface area contributed by atoms with Gasteiger partial charge in [-0.3, -0.25) is 0 Å². The van der Waals surface area contributed by atoms with E-state index in [2.05, 4.69) is 0 Å². The highest BCUT2D eigenvalue weighted by molar-refractivity contribution is 5.78. The number of fused-ring (bicyclic) bond motifs is 3. The molecule has 1 unspecified atom stereocenters. The number of rotatable bonds is 3. The van der Waals surface area contributed by atoms with Gasteiger partial charge in [0.25, 0.3) is 0 Å². The maximum absolute atomic E-state index is 13.3. The lowest BCUT2D eigenvalue weighted by atomic mass is 9.84. The normalized spacial score (nSPS) is 15.4. The highest BCUT2D eigenvalue weighted by Crippen LogP contribution is 2.48. The average molecular weight is 259 g/mol. The summed E-state index contributed by atoms with van der Waals surface area (Å²) in [4.78, 5) is 0. The molecule has 98 valence electrons. The molecule has 0 radical (unpaired) electrons. The zero-order chi connectivity index (χ0) is 13.4. The maximum Gasteiger partial charge on any atom is 0.243 e. The Labute approximate surface area is 111 Å². The summed E-state index contributed by atoms with van der Waals surface area (Å²) in [6.07, 6.45) is -2.41. The fourth-order valence-electron chi connectivity index (χ4n) is 3.04. The van der Waals surface area contributed by atoms with E-state index < -0.39 is 12.3 Å². The monoisotopic (exact) mass is 259 g/mol. The summed E-state index contributed by atoms with van der Waals surface area (Å²) in [5.74, 6) is -1.12. The summed E-state index contributed by atoms with van der Waals surface area (Å²) in [6, 6.07) is 15.5. The van der Waals surface area contributed by atoms with Crippen LogP contribution in [0.5, 0.6) is 0 Å². The number of hydrogen-bond donors (Lipinski definition) is 1. The molecule has 0 amide bonds. The molecule has 0 saturated carbocycles. The van der Waals surface area contributed by atoms with Crippen molar-refractivity contribution in [3.05, 3.63) is 59.7 Å². The van der Waals surface area contributed by atoms with Crippen molar-refractivity contribution in [1.29, 1.82) is 0 Å². The lowest BCUT2D eigenvalue weighted by Gasteiger charge is -2.23. The summed E-state index contributed by atoms with van der Waals surface area (Å²) < 4.78 is 26.5. The molecule has 1 nitrogen and oxygen atoms in total. The van der Waals surface area contributed by atoms with Gasteiger partial charge in [-0.1, -0.05) is 48.5 Å². The molecule has 0 aromatic heterocycles. The van der Waals surface area contributed by atoms with Crippen molar-refractivity contribution in [1.82, 2.24) is 0 Å². The minimum atomic E-state index is -2.41. The Morgan fingerprint density at radius 3 is 1.79 bits per heavy atom. The van der Waals surface area contributed by atoms with Gasteiger partial charge < -0.3 is 5.73 Å². The van der Waals surface area contributed by atoms with Crippen LogP contribution in [-0.4, -0.2) is 13.0 Å². The van der Waals surface area contributed by atoms with E-state index in [1.54, 1.807) is 0 Å². The lowest BCUT2D eigenvalue weighted by molar-refractivity contribution is 0.0734. The Bertz CT molecular complexity index is 549. The predicted molar refractivity (Wildman–Crippen MR) is 72.3 cm³/mol. The number of benzene rings is 2. The Kier molecular flexibility index (Phi) is 3.07. The molecule has 1 aliphatic carbocycles. The first kappa shape index (κ1) is 12.3. The first-order valence-corrected chi connectivity index (χ1v) is 6.40. The Morgan fingerprint density at radius 2 is 1.37 bits per heavy atom. The molecule has 2 aromatic carbocycles. The third kappa shape index (κ3) is 1.85. The summed E-state index contributed by atoms with van der Waals surface area (Å²) in [7, 11) is 0. The Morgan fingerprint density at radius 1 is 0.895 bits per heavy atom. The standard InChI is InChI=1S/C16H15F2N/c17-16(18)14(9-19)15-12-7-3-1-5-10(12)11-6-2-4-8-13(11)15/h1-8,14-16H,9,19H2.